The van der Waals surface area contributed by atoms with Crippen LogP contribution in [0.1, 0.15) is 29.0 Å². The number of rotatable bonds is 4. The van der Waals surface area contributed by atoms with Crippen LogP contribution in [0.2, 0.25) is 0 Å². The van der Waals surface area contributed by atoms with Crippen molar-refractivity contribution >= 4 is 28.0 Å². The number of carbonyl (C=O) groups excluding carboxylic acids is 1. The molecular formula is C16H19N7OS. The number of nitrogens with zero attached hydrogens (tertiary/aromatic N) is 5. The minimum Gasteiger partial charge on any atom is -0.363 e. The highest BCUT2D eigenvalue weighted by atomic mass is 32.1. The molecule has 8 nitrogen and oxygen atoms in total. The maximum atomic E-state index is 12.4. The van der Waals surface area contributed by atoms with E-state index in [9.17, 15) is 4.79 Å². The van der Waals surface area contributed by atoms with E-state index in [1.165, 1.54) is 6.20 Å². The van der Waals surface area contributed by atoms with Gasteiger partial charge in [-0.25, -0.2) is 15.0 Å². The van der Waals surface area contributed by atoms with Gasteiger partial charge in [0.05, 0.1) is 24.6 Å². The number of hydrogen-bond acceptors (Lipinski definition) is 7. The molecule has 0 aromatic carbocycles. The van der Waals surface area contributed by atoms with E-state index in [1.807, 2.05) is 10.6 Å². The summed E-state index contributed by atoms with van der Waals surface area (Å²) in [5, 5.41) is 5.28. The molecule has 9 heteroatoms. The van der Waals surface area contributed by atoms with Crippen LogP contribution in [-0.2, 0) is 6.54 Å². The number of fused-ring (bicyclic) bond motifs is 1. The van der Waals surface area contributed by atoms with E-state index in [-0.39, 0.29) is 11.9 Å². The van der Waals surface area contributed by atoms with E-state index in [2.05, 4.69) is 25.6 Å². The first-order valence-electron chi connectivity index (χ1n) is 8.21. The molecule has 130 valence electrons. The van der Waals surface area contributed by atoms with E-state index in [4.69, 9.17) is 5.73 Å². The molecule has 1 aliphatic rings. The fourth-order valence-corrected chi connectivity index (χ4v) is 3.73. The van der Waals surface area contributed by atoms with Crippen molar-refractivity contribution in [2.75, 3.05) is 18.4 Å². The largest absolute Gasteiger partial charge is 0.363 e. The number of hydrogen-bond donors (Lipinski definition) is 2. The van der Waals surface area contributed by atoms with Gasteiger partial charge in [-0.05, 0) is 12.8 Å². The number of piperidine rings is 1. The van der Waals surface area contributed by atoms with Gasteiger partial charge < -0.3 is 16.0 Å². The summed E-state index contributed by atoms with van der Waals surface area (Å²) in [6.07, 6.45) is 8.51. The van der Waals surface area contributed by atoms with Crippen LogP contribution >= 0.6 is 11.3 Å². The normalized spacial score (nSPS) is 15.6. The van der Waals surface area contributed by atoms with Gasteiger partial charge in [0.15, 0.2) is 4.96 Å². The molecule has 25 heavy (non-hydrogen) atoms. The van der Waals surface area contributed by atoms with Gasteiger partial charge in [-0.2, -0.15) is 0 Å². The fourth-order valence-electron chi connectivity index (χ4n) is 2.88. The number of imidazole rings is 1. The van der Waals surface area contributed by atoms with Crippen LogP contribution in [0.3, 0.4) is 0 Å². The predicted molar refractivity (Wildman–Crippen MR) is 95.5 cm³/mol. The van der Waals surface area contributed by atoms with Crippen LogP contribution in [0.4, 0.5) is 5.82 Å². The Balaban J connectivity index is 1.38. The second-order valence-corrected chi connectivity index (χ2v) is 6.91. The first kappa shape index (κ1) is 16.0. The molecule has 3 aromatic rings. The summed E-state index contributed by atoms with van der Waals surface area (Å²) in [6, 6.07) is 0.195. The molecule has 1 saturated heterocycles. The first-order chi connectivity index (χ1) is 12.2. The zero-order chi connectivity index (χ0) is 17.2. The summed E-state index contributed by atoms with van der Waals surface area (Å²) in [4.78, 5) is 28.0. The molecule has 0 bridgehead atoms. The van der Waals surface area contributed by atoms with Crippen LogP contribution in [0.5, 0.6) is 0 Å². The number of anilines is 1. The maximum absolute atomic E-state index is 12.4. The molecule has 1 aliphatic heterocycles. The van der Waals surface area contributed by atoms with Gasteiger partial charge >= 0.3 is 0 Å². The molecule has 0 spiro atoms. The van der Waals surface area contributed by atoms with Crippen molar-refractivity contribution in [2.24, 2.45) is 5.73 Å². The summed E-state index contributed by atoms with van der Waals surface area (Å²) < 4.78 is 2.03. The molecular weight excluding hydrogens is 338 g/mol. The number of likely N-dealkylation sites (tertiary alicyclic amines) is 1. The average Bonchev–Trinajstić information content (AvgIpc) is 3.25. The third kappa shape index (κ3) is 3.33. The minimum atomic E-state index is -0.0797. The Kier molecular flexibility index (Phi) is 4.33. The van der Waals surface area contributed by atoms with Crippen LogP contribution < -0.4 is 11.1 Å². The van der Waals surface area contributed by atoms with Crippen LogP contribution in [0.25, 0.3) is 4.96 Å². The lowest BCUT2D eigenvalue weighted by Crippen LogP contribution is -2.43. The van der Waals surface area contributed by atoms with Crippen molar-refractivity contribution in [1.82, 2.24) is 24.3 Å². The zero-order valence-corrected chi connectivity index (χ0v) is 14.4. The highest BCUT2D eigenvalue weighted by molar-refractivity contribution is 7.15. The molecule has 1 fully saturated rings. The summed E-state index contributed by atoms with van der Waals surface area (Å²) in [5.41, 5.74) is 7.35. The van der Waals surface area contributed by atoms with Gasteiger partial charge in [0.25, 0.3) is 5.91 Å². The molecule has 3 N–H and O–H groups in total. The average molecular weight is 357 g/mol. The Morgan fingerprint density at radius 1 is 1.28 bits per heavy atom. The van der Waals surface area contributed by atoms with E-state index in [0.29, 0.717) is 31.1 Å². The maximum Gasteiger partial charge on any atom is 0.274 e. The van der Waals surface area contributed by atoms with Gasteiger partial charge in [0.2, 0.25) is 0 Å². The molecule has 0 radical (unpaired) electrons. The lowest BCUT2D eigenvalue weighted by molar-refractivity contribution is 0.0708. The Labute approximate surface area is 148 Å². The van der Waals surface area contributed by atoms with E-state index in [1.54, 1.807) is 28.6 Å². The number of nitrogens with two attached hydrogens (primary N) is 1. The van der Waals surface area contributed by atoms with Crippen LogP contribution in [0, 0.1) is 0 Å². The first-order valence-corrected chi connectivity index (χ1v) is 9.09. The van der Waals surface area contributed by atoms with Crippen molar-refractivity contribution in [2.45, 2.75) is 25.4 Å². The minimum absolute atomic E-state index is 0.0797. The second-order valence-electron chi connectivity index (χ2n) is 6.08. The Morgan fingerprint density at radius 2 is 2.12 bits per heavy atom. The lowest BCUT2D eigenvalue weighted by Gasteiger charge is -2.29. The molecule has 0 unspecified atom stereocenters. The van der Waals surface area contributed by atoms with Crippen LogP contribution in [-0.4, -0.2) is 49.3 Å². The number of amides is 1. The van der Waals surface area contributed by atoms with Crippen molar-refractivity contribution in [3.8, 4) is 0 Å². The Bertz CT molecular complexity index is 864. The highest BCUT2D eigenvalue weighted by Gasteiger charge is 2.22. The van der Waals surface area contributed by atoms with Crippen molar-refractivity contribution < 1.29 is 4.79 Å². The highest BCUT2D eigenvalue weighted by Crippen LogP contribution is 2.16. The molecule has 0 atom stereocenters. The number of carbonyl (C=O) groups is 1. The molecule has 4 rings (SSSR count). The monoisotopic (exact) mass is 357 g/mol. The van der Waals surface area contributed by atoms with Gasteiger partial charge in [-0.15, -0.1) is 11.3 Å². The zero-order valence-electron chi connectivity index (χ0n) is 13.6. The third-order valence-corrected chi connectivity index (χ3v) is 5.27. The number of thiazole rings is 1. The summed E-state index contributed by atoms with van der Waals surface area (Å²) in [5.74, 6) is 0.556. The van der Waals surface area contributed by atoms with E-state index < -0.39 is 0 Å². The quantitative estimate of drug-likeness (QED) is 0.731. The SMILES string of the molecule is NC1CCN(C(=O)c2cnc(NCc3csc4nccn34)cn2)CC1. The topological polar surface area (TPSA) is 101 Å². The van der Waals surface area contributed by atoms with Gasteiger partial charge in [-0.3, -0.25) is 9.20 Å². The molecule has 4 heterocycles. The Morgan fingerprint density at radius 3 is 2.88 bits per heavy atom. The van der Waals surface area contributed by atoms with Crippen LogP contribution in [0.15, 0.2) is 30.2 Å². The third-order valence-electron chi connectivity index (χ3n) is 4.37. The standard InChI is InChI=1S/C16H19N7OS/c17-11-1-4-22(5-2-11)15(24)13-8-21-14(9-19-13)20-7-12-10-25-16-18-3-6-23(12)16/h3,6,8-11H,1-2,4-5,7,17H2,(H,20,21). The van der Waals surface area contributed by atoms with Gasteiger partial charge in [0, 0.05) is 36.9 Å². The van der Waals surface area contributed by atoms with Crippen molar-refractivity contribution in [3.63, 3.8) is 0 Å². The smallest absolute Gasteiger partial charge is 0.274 e. The Hall–Kier alpha value is -2.52. The molecule has 3 aromatic heterocycles. The van der Waals surface area contributed by atoms with E-state index >= 15 is 0 Å². The van der Waals surface area contributed by atoms with Crippen molar-refractivity contribution in [3.05, 3.63) is 41.6 Å². The molecule has 0 aliphatic carbocycles. The summed E-state index contributed by atoms with van der Waals surface area (Å²) >= 11 is 1.59. The lowest BCUT2D eigenvalue weighted by atomic mass is 10.1. The van der Waals surface area contributed by atoms with Gasteiger partial charge in [0.1, 0.15) is 11.5 Å². The summed E-state index contributed by atoms with van der Waals surface area (Å²) in [7, 11) is 0. The second kappa shape index (κ2) is 6.77. The van der Waals surface area contributed by atoms with Crippen molar-refractivity contribution in [1.29, 1.82) is 0 Å². The van der Waals surface area contributed by atoms with Gasteiger partial charge in [-0.1, -0.05) is 0 Å². The predicted octanol–water partition coefficient (Wildman–Crippen LogP) is 1.36. The molecule has 0 saturated carbocycles. The van der Waals surface area contributed by atoms with E-state index in [0.717, 1.165) is 23.5 Å². The number of nitrogens with one attached hydrogen (secondary N) is 1. The number of aromatic nitrogens is 4. The molecule has 1 amide bonds. The summed E-state index contributed by atoms with van der Waals surface area (Å²) in [6.45, 7) is 1.98. The fraction of sp³-hybridized carbons (Fsp3) is 0.375.